The normalized spacial score (nSPS) is 10.8. The van der Waals surface area contributed by atoms with Crippen LogP contribution in [0.4, 0.5) is 5.69 Å². The van der Waals surface area contributed by atoms with Gasteiger partial charge < -0.3 is 14.8 Å². The van der Waals surface area contributed by atoms with E-state index >= 15 is 0 Å². The molecule has 172 valence electrons. The maximum atomic E-state index is 12.2. The molecule has 33 heavy (non-hydrogen) atoms. The zero-order chi connectivity index (χ0) is 23.5. The number of nitrogens with one attached hydrogen (secondary N) is 2. The number of anilines is 1. The van der Waals surface area contributed by atoms with Gasteiger partial charge in [0, 0.05) is 11.0 Å². The molecule has 6 nitrogen and oxygen atoms in total. The Bertz CT molecular complexity index is 1090. The van der Waals surface area contributed by atoms with Crippen molar-refractivity contribution in [3.63, 3.8) is 0 Å². The number of carbonyl (C=O) groups excluding carboxylic acids is 1. The van der Waals surface area contributed by atoms with Crippen molar-refractivity contribution < 1.29 is 14.3 Å². The van der Waals surface area contributed by atoms with Crippen LogP contribution in [0.3, 0.4) is 0 Å². The van der Waals surface area contributed by atoms with Crippen molar-refractivity contribution in [2.24, 2.45) is 5.10 Å². The number of amides is 1. The number of hydrazone groups is 1. The van der Waals surface area contributed by atoms with Crippen LogP contribution in [-0.2, 0) is 11.2 Å². The average Bonchev–Trinajstić information content (AvgIpc) is 2.79. The molecule has 2 N–H and O–H groups in total. The molecule has 0 aliphatic rings. The number of rotatable bonds is 11. The molecule has 0 aliphatic carbocycles. The molecule has 0 radical (unpaired) electrons. The van der Waals surface area contributed by atoms with E-state index in [2.05, 4.69) is 47.7 Å². The maximum Gasteiger partial charge on any atom is 0.257 e. The molecule has 0 atom stereocenters. The van der Waals surface area contributed by atoms with Gasteiger partial charge >= 0.3 is 0 Å². The molecule has 0 fully saturated rings. The van der Waals surface area contributed by atoms with Crippen LogP contribution < -0.4 is 20.2 Å². The standard InChI is InChI=1S/C25H25Br2N3O3/c1-2-32-23-14-19(16-29-30-21-10-6-9-20(26)15-21)13-22(27)25(23)33-17-24(31)28-12-11-18-7-4-3-5-8-18/h3-10,13-16,30H,2,11-12,17H2,1H3,(H,28,31)/b29-16-. The largest absolute Gasteiger partial charge is 0.490 e. The molecule has 0 heterocycles. The number of hydrogen-bond acceptors (Lipinski definition) is 5. The molecule has 0 unspecified atom stereocenters. The van der Waals surface area contributed by atoms with Crippen molar-refractivity contribution in [2.75, 3.05) is 25.2 Å². The van der Waals surface area contributed by atoms with Crippen molar-refractivity contribution >= 4 is 49.7 Å². The molecule has 0 saturated carbocycles. The number of benzene rings is 3. The number of nitrogens with zero attached hydrogens (tertiary/aromatic N) is 1. The van der Waals surface area contributed by atoms with E-state index in [1.54, 1.807) is 6.21 Å². The highest BCUT2D eigenvalue weighted by atomic mass is 79.9. The minimum atomic E-state index is -0.191. The van der Waals surface area contributed by atoms with E-state index in [9.17, 15) is 4.79 Å². The van der Waals surface area contributed by atoms with Gasteiger partial charge in [-0.2, -0.15) is 5.10 Å². The fourth-order valence-corrected chi connectivity index (χ4v) is 3.96. The highest BCUT2D eigenvalue weighted by molar-refractivity contribution is 9.10. The van der Waals surface area contributed by atoms with Crippen LogP contribution in [0.2, 0.25) is 0 Å². The molecule has 3 rings (SSSR count). The van der Waals surface area contributed by atoms with Gasteiger partial charge in [-0.25, -0.2) is 0 Å². The molecule has 0 bridgehead atoms. The Labute approximate surface area is 210 Å². The summed E-state index contributed by atoms with van der Waals surface area (Å²) in [6, 6.07) is 21.4. The molecular formula is C25H25Br2N3O3. The van der Waals surface area contributed by atoms with E-state index in [-0.39, 0.29) is 12.5 Å². The zero-order valence-electron chi connectivity index (χ0n) is 18.2. The predicted octanol–water partition coefficient (Wildman–Crippen LogP) is 5.79. The monoisotopic (exact) mass is 573 g/mol. The molecule has 0 aliphatic heterocycles. The van der Waals surface area contributed by atoms with Gasteiger partial charge in [-0.15, -0.1) is 0 Å². The molecule has 0 aromatic heterocycles. The summed E-state index contributed by atoms with van der Waals surface area (Å²) in [5.41, 5.74) is 5.84. The summed E-state index contributed by atoms with van der Waals surface area (Å²) < 4.78 is 13.2. The minimum absolute atomic E-state index is 0.106. The van der Waals surface area contributed by atoms with Gasteiger partial charge in [-0.1, -0.05) is 52.3 Å². The van der Waals surface area contributed by atoms with Crippen LogP contribution in [0, 0.1) is 0 Å². The Morgan fingerprint density at radius 1 is 1.03 bits per heavy atom. The fourth-order valence-electron chi connectivity index (χ4n) is 2.98. The lowest BCUT2D eigenvalue weighted by Crippen LogP contribution is -2.30. The fraction of sp³-hybridized carbons (Fsp3) is 0.200. The van der Waals surface area contributed by atoms with E-state index in [0.717, 1.165) is 22.1 Å². The Kier molecular flexibility index (Phi) is 9.77. The second-order valence-corrected chi connectivity index (χ2v) is 8.79. The molecule has 0 saturated heterocycles. The Balaban J connectivity index is 1.58. The third-order valence-corrected chi connectivity index (χ3v) is 5.57. The number of halogens is 2. The van der Waals surface area contributed by atoms with Crippen LogP contribution in [0.5, 0.6) is 11.5 Å². The van der Waals surface area contributed by atoms with E-state index in [0.29, 0.717) is 29.1 Å². The third kappa shape index (κ3) is 8.22. The number of carbonyl (C=O) groups is 1. The highest BCUT2D eigenvalue weighted by Crippen LogP contribution is 2.36. The average molecular weight is 575 g/mol. The first kappa shape index (κ1) is 24.8. The van der Waals surface area contributed by atoms with Gasteiger partial charge in [0.2, 0.25) is 0 Å². The van der Waals surface area contributed by atoms with Crippen molar-refractivity contribution in [3.05, 3.63) is 86.8 Å². The van der Waals surface area contributed by atoms with Crippen LogP contribution in [-0.4, -0.2) is 31.9 Å². The predicted molar refractivity (Wildman–Crippen MR) is 139 cm³/mol. The topological polar surface area (TPSA) is 71.9 Å². The van der Waals surface area contributed by atoms with Crippen molar-refractivity contribution in [1.29, 1.82) is 0 Å². The molecule has 3 aromatic rings. The van der Waals surface area contributed by atoms with Gasteiger partial charge in [0.15, 0.2) is 18.1 Å². The van der Waals surface area contributed by atoms with Gasteiger partial charge in [0.05, 0.1) is 23.0 Å². The quantitative estimate of drug-likeness (QED) is 0.224. The van der Waals surface area contributed by atoms with E-state index in [1.807, 2.05) is 73.7 Å². The van der Waals surface area contributed by atoms with Crippen LogP contribution >= 0.6 is 31.9 Å². The van der Waals surface area contributed by atoms with Gasteiger partial charge in [0.1, 0.15) is 0 Å². The van der Waals surface area contributed by atoms with Crippen LogP contribution in [0.15, 0.2) is 80.8 Å². The Morgan fingerprint density at radius 3 is 2.61 bits per heavy atom. The van der Waals surface area contributed by atoms with Crippen molar-refractivity contribution in [3.8, 4) is 11.5 Å². The first-order chi connectivity index (χ1) is 16.0. The van der Waals surface area contributed by atoms with E-state index in [4.69, 9.17) is 9.47 Å². The minimum Gasteiger partial charge on any atom is -0.490 e. The number of hydrogen-bond donors (Lipinski definition) is 2. The Hall–Kier alpha value is -2.84. The highest BCUT2D eigenvalue weighted by Gasteiger charge is 2.14. The maximum absolute atomic E-state index is 12.2. The van der Waals surface area contributed by atoms with Crippen LogP contribution in [0.25, 0.3) is 0 Å². The smallest absolute Gasteiger partial charge is 0.257 e. The molecule has 1 amide bonds. The lowest BCUT2D eigenvalue weighted by molar-refractivity contribution is -0.123. The summed E-state index contributed by atoms with van der Waals surface area (Å²) in [5.74, 6) is 0.823. The first-order valence-electron chi connectivity index (χ1n) is 10.5. The Morgan fingerprint density at radius 2 is 1.85 bits per heavy atom. The summed E-state index contributed by atoms with van der Waals surface area (Å²) in [5, 5.41) is 7.16. The summed E-state index contributed by atoms with van der Waals surface area (Å²) in [6.07, 6.45) is 2.46. The lowest BCUT2D eigenvalue weighted by atomic mass is 10.1. The zero-order valence-corrected chi connectivity index (χ0v) is 21.4. The lowest BCUT2D eigenvalue weighted by Gasteiger charge is -2.14. The summed E-state index contributed by atoms with van der Waals surface area (Å²) in [4.78, 5) is 12.2. The summed E-state index contributed by atoms with van der Waals surface area (Å²) >= 11 is 6.96. The van der Waals surface area contributed by atoms with Crippen molar-refractivity contribution in [1.82, 2.24) is 5.32 Å². The second-order valence-electron chi connectivity index (χ2n) is 7.02. The summed E-state index contributed by atoms with van der Waals surface area (Å²) in [7, 11) is 0. The van der Waals surface area contributed by atoms with Gasteiger partial charge in [0.25, 0.3) is 5.91 Å². The van der Waals surface area contributed by atoms with E-state index in [1.165, 1.54) is 5.56 Å². The summed E-state index contributed by atoms with van der Waals surface area (Å²) in [6.45, 7) is 2.80. The second kappa shape index (κ2) is 13.0. The number of ether oxygens (including phenoxy) is 2. The molecule has 3 aromatic carbocycles. The van der Waals surface area contributed by atoms with Gasteiger partial charge in [-0.3, -0.25) is 10.2 Å². The SMILES string of the molecule is CCOc1cc(/C=N\Nc2cccc(Br)c2)cc(Br)c1OCC(=O)NCCc1ccccc1. The van der Waals surface area contributed by atoms with E-state index < -0.39 is 0 Å². The van der Waals surface area contributed by atoms with Gasteiger partial charge in [-0.05, 0) is 70.7 Å². The third-order valence-electron chi connectivity index (χ3n) is 4.49. The van der Waals surface area contributed by atoms with Crippen LogP contribution in [0.1, 0.15) is 18.1 Å². The molecular weight excluding hydrogens is 550 g/mol. The first-order valence-corrected chi connectivity index (χ1v) is 12.1. The molecule has 0 spiro atoms. The molecule has 8 heteroatoms. The van der Waals surface area contributed by atoms with Crippen molar-refractivity contribution in [2.45, 2.75) is 13.3 Å².